The first-order valence-electron chi connectivity index (χ1n) is 17.6. The summed E-state index contributed by atoms with van der Waals surface area (Å²) in [5, 5.41) is 5.91. The largest absolute Gasteiger partial charge is 1.00 e. The van der Waals surface area contributed by atoms with Crippen molar-refractivity contribution in [3.63, 3.8) is 0 Å². The lowest BCUT2D eigenvalue weighted by Crippen LogP contribution is -3.00. The minimum Gasteiger partial charge on any atom is -1.00 e. The van der Waals surface area contributed by atoms with E-state index in [0.29, 0.717) is 78.6 Å². The Labute approximate surface area is 350 Å². The van der Waals surface area contributed by atoms with Gasteiger partial charge < -0.3 is 61.0 Å². The molecule has 319 valence electrons. The molecule has 3 radical (unpaired) electrons. The Morgan fingerprint density at radius 3 is 1.72 bits per heavy atom. The summed E-state index contributed by atoms with van der Waals surface area (Å²) in [7, 11) is 4.74. The van der Waals surface area contributed by atoms with Gasteiger partial charge in [0, 0.05) is 19.9 Å². The summed E-state index contributed by atoms with van der Waals surface area (Å²) in [5.41, 5.74) is 7.40. The minimum atomic E-state index is -0.357. The number of nitrogens with one attached hydrogen (secondary N) is 1. The zero-order chi connectivity index (χ0) is 41.0. The second-order valence-corrected chi connectivity index (χ2v) is 10.5. The second kappa shape index (κ2) is 33.3. The van der Waals surface area contributed by atoms with Crippen molar-refractivity contribution >= 4 is 54.4 Å². The number of methoxy groups -OCH3 is 3. The number of ether oxygens (including phenoxy) is 8. The summed E-state index contributed by atoms with van der Waals surface area (Å²) in [6, 6.07) is 21.5. The summed E-state index contributed by atoms with van der Waals surface area (Å²) in [6.45, 7) is 11.1. The molecule has 0 aliphatic heterocycles. The van der Waals surface area contributed by atoms with Crippen LogP contribution in [0.2, 0.25) is 0 Å². The van der Waals surface area contributed by atoms with Gasteiger partial charge in [0.15, 0.2) is 23.6 Å². The maximum atomic E-state index is 11.8. The van der Waals surface area contributed by atoms with Gasteiger partial charge in [0.05, 0.1) is 65.6 Å². The number of nitrogen functional groups attached to an aromatic ring is 1. The molecule has 0 fully saturated rings. The van der Waals surface area contributed by atoms with E-state index in [1.54, 1.807) is 78.5 Å². The number of aromatic amines is 1. The summed E-state index contributed by atoms with van der Waals surface area (Å²) < 4.78 is 40.3. The monoisotopic (exact) mass is 829 g/mol. The van der Waals surface area contributed by atoms with Crippen molar-refractivity contribution in [2.75, 3.05) is 60.1 Å². The van der Waals surface area contributed by atoms with Crippen LogP contribution in [0.3, 0.4) is 0 Å². The highest BCUT2D eigenvalue weighted by Gasteiger charge is 2.12. The number of nitrogens with zero attached hydrogens (tertiary/aromatic N) is 1. The van der Waals surface area contributed by atoms with Crippen LogP contribution in [0.1, 0.15) is 54.9 Å². The summed E-state index contributed by atoms with van der Waals surface area (Å²) in [4.78, 5) is 41.3. The number of nitrogens with two attached hydrogens (primary N) is 2. The van der Waals surface area contributed by atoms with Gasteiger partial charge in [0.1, 0.15) is 29.4 Å². The number of fused-ring (bicyclic) bond motifs is 1. The molecule has 15 nitrogen and oxygen atoms in total. The zero-order valence-electron chi connectivity index (χ0n) is 33.9. The summed E-state index contributed by atoms with van der Waals surface area (Å²) in [6.07, 6.45) is 0.0570. The molecule has 3 aromatic carbocycles. The van der Waals surface area contributed by atoms with E-state index >= 15 is 0 Å². The van der Waals surface area contributed by atoms with Crippen LogP contribution in [0.15, 0.2) is 82.6 Å². The summed E-state index contributed by atoms with van der Waals surface area (Å²) in [5.74, 6) is 2.29. The van der Waals surface area contributed by atoms with E-state index in [-0.39, 0.29) is 64.4 Å². The van der Waals surface area contributed by atoms with Crippen molar-refractivity contribution in [2.45, 2.75) is 54.9 Å². The molecule has 1 heterocycles. The lowest BCUT2D eigenvalue weighted by Gasteiger charge is -2.09. The molecule has 4 aromatic rings. The van der Waals surface area contributed by atoms with Gasteiger partial charge in [-0.05, 0) is 71.0 Å². The Morgan fingerprint density at radius 2 is 1.21 bits per heavy atom. The van der Waals surface area contributed by atoms with Gasteiger partial charge >= 0.3 is 17.8 Å². The third-order valence-corrected chi connectivity index (χ3v) is 6.66. The van der Waals surface area contributed by atoms with Gasteiger partial charge in [-0.25, -0.2) is 10.4 Å². The van der Waals surface area contributed by atoms with Crippen LogP contribution >= 0.6 is 0 Å². The molecule has 58 heavy (non-hydrogen) atoms. The van der Waals surface area contributed by atoms with Gasteiger partial charge in [-0.2, -0.15) is 0 Å². The van der Waals surface area contributed by atoms with Gasteiger partial charge in [-0.3, -0.25) is 14.4 Å². The maximum Gasteiger partial charge on any atom is 0.344 e. The highest BCUT2D eigenvalue weighted by molar-refractivity contribution is 5.95. The molecule has 0 saturated heterocycles. The Balaban J connectivity index is -0.000000709. The van der Waals surface area contributed by atoms with Crippen LogP contribution in [-0.4, -0.2) is 91.5 Å². The molecule has 0 aliphatic rings. The van der Waals surface area contributed by atoms with Crippen molar-refractivity contribution in [1.29, 1.82) is 0 Å². The van der Waals surface area contributed by atoms with E-state index in [9.17, 15) is 14.4 Å². The Bertz CT molecular complexity index is 1840. The third-order valence-electron chi connectivity index (χ3n) is 6.66. The number of aromatic nitrogens is 1. The lowest BCUT2D eigenvalue weighted by atomic mass is 10.2. The van der Waals surface area contributed by atoms with E-state index in [2.05, 4.69) is 14.7 Å². The van der Waals surface area contributed by atoms with Crippen molar-refractivity contribution in [3.8, 4) is 23.1 Å². The number of hydrogen-bond acceptors (Lipinski definition) is 13. The summed E-state index contributed by atoms with van der Waals surface area (Å²) >= 11 is 0. The smallest absolute Gasteiger partial charge is 0.344 e. The number of para-hydroxylation sites is 5. The number of hydrogen-bond donors (Lipinski definition) is 3. The number of H-pyrrole nitrogens is 1. The Hall–Kier alpha value is -5.90. The Morgan fingerprint density at radius 1 is 0.690 bits per heavy atom. The number of anilines is 1. The van der Waals surface area contributed by atoms with E-state index in [1.807, 2.05) is 44.2 Å². The highest BCUT2D eigenvalue weighted by Crippen LogP contribution is 2.27. The fourth-order valence-corrected chi connectivity index (χ4v) is 4.36. The molecule has 0 bridgehead atoms. The quantitative estimate of drug-likeness (QED) is 0.0551. The standard InChI is InChI=1S/C14H19NO4.C12H13NO3.C7H13NO3.C7H9NO.CH4.B.ClH/c1-4-18-13(10-14(16)19-5-2)15-11-8-6-7-9-12(11)17-3;1-3-16-11-7-9(14)8-5-4-6-10(15-2)12(8)13-11;1-3-10-6(8)5-7(9)11-4-2;1-9-7-5-3-2-4-6(7)8;;;/h6-9H,4-5,10H2,1-3H3;4-7H,3H2,1-2H3,(H,13,14);8H,3-5H2,1-2H3;2-5H,8H2,1H3;1H4;;1H. The van der Waals surface area contributed by atoms with Crippen molar-refractivity contribution < 1.29 is 65.3 Å². The van der Waals surface area contributed by atoms with Crippen LogP contribution in [0.4, 0.5) is 11.4 Å². The maximum absolute atomic E-state index is 11.8. The van der Waals surface area contributed by atoms with Crippen molar-refractivity contribution in [2.24, 2.45) is 4.99 Å². The topological polar surface area (TPSA) is 205 Å². The van der Waals surface area contributed by atoms with E-state index in [0.717, 1.165) is 5.75 Å². The number of halogens is 1. The molecular weight excluding hydrogens is 771 g/mol. The van der Waals surface area contributed by atoms with E-state index < -0.39 is 0 Å². The molecule has 0 spiro atoms. The van der Waals surface area contributed by atoms with Crippen LogP contribution in [0, 0.1) is 0 Å². The van der Waals surface area contributed by atoms with Crippen LogP contribution < -0.4 is 47.9 Å². The number of rotatable bonds is 14. The second-order valence-electron chi connectivity index (χ2n) is 10.5. The average Bonchev–Trinajstić information content (AvgIpc) is 3.16. The van der Waals surface area contributed by atoms with Crippen LogP contribution in [0.5, 0.6) is 23.1 Å². The molecule has 5 N–H and O–H groups in total. The first-order valence-corrected chi connectivity index (χ1v) is 17.6. The number of benzene rings is 3. The molecule has 0 unspecified atom stereocenters. The predicted octanol–water partition coefficient (Wildman–Crippen LogP) is 2.32. The fraction of sp³-hybridized carbons (Fsp3) is 0.390. The van der Waals surface area contributed by atoms with Gasteiger partial charge in [0.25, 0.3) is 0 Å². The molecule has 17 heteroatoms. The predicted molar refractivity (Wildman–Crippen MR) is 225 cm³/mol. The molecule has 0 atom stereocenters. The van der Waals surface area contributed by atoms with Crippen LogP contribution in [-0.2, 0) is 28.5 Å². The molecule has 0 amide bonds. The highest BCUT2D eigenvalue weighted by atomic mass is 35.5. The number of esters is 2. The van der Waals surface area contributed by atoms with Crippen molar-refractivity contribution in [1.82, 2.24) is 4.98 Å². The fourth-order valence-electron chi connectivity index (χ4n) is 4.36. The first-order chi connectivity index (χ1) is 26.5. The van der Waals surface area contributed by atoms with E-state index in [4.69, 9.17) is 44.3 Å². The molecular formula is C41H59BClN4O11. The van der Waals surface area contributed by atoms with Crippen molar-refractivity contribution in [3.05, 3.63) is 83.0 Å². The number of carbonyl (C=O) groups excluding carboxylic acids is 2. The normalized spacial score (nSPS) is 9.55. The average molecular weight is 830 g/mol. The van der Waals surface area contributed by atoms with Crippen LogP contribution in [0.25, 0.3) is 10.9 Å². The first kappa shape index (κ1) is 56.4. The van der Waals surface area contributed by atoms with E-state index in [1.165, 1.54) is 6.07 Å². The zero-order valence-corrected chi connectivity index (χ0v) is 34.7. The molecule has 0 aliphatic carbocycles. The lowest BCUT2D eigenvalue weighted by molar-refractivity contribution is -0.154. The third kappa shape index (κ3) is 21.4. The Kier molecular flexibility index (Phi) is 32.4. The molecule has 0 saturated carbocycles. The number of carbonyl (C=O) groups is 2. The van der Waals surface area contributed by atoms with Gasteiger partial charge in [-0.15, -0.1) is 0 Å². The number of aliphatic imine (C=N–C) groups is 1. The number of pyridine rings is 1. The SMILES string of the molecule is C.CCOC(=O)CC(=Nc1ccccc1OC)OCC.CCOC(=[NH2+])CC(=O)OCC.CCOc1cc(=O)c2cccc(OC)c2[nH]1.COc1ccccc1N.[B].[Cl-]. The molecule has 4 rings (SSSR count). The molecule has 1 aromatic heterocycles. The van der Waals surface area contributed by atoms with Gasteiger partial charge in [-0.1, -0.05) is 37.8 Å². The van der Waals surface area contributed by atoms with Gasteiger partial charge in [0.2, 0.25) is 0 Å². The minimum absolute atomic E-state index is 0.